The van der Waals surface area contributed by atoms with Crippen molar-refractivity contribution in [3.63, 3.8) is 0 Å². The maximum atomic E-state index is 12.3. The van der Waals surface area contributed by atoms with Crippen LogP contribution in [0, 0.1) is 34.0 Å². The van der Waals surface area contributed by atoms with Gasteiger partial charge in [-0.15, -0.1) is 0 Å². The number of nitriles is 2. The average molecular weight is 280 g/mol. The summed E-state index contributed by atoms with van der Waals surface area (Å²) in [6, 6.07) is 8.76. The molecule has 5 nitrogen and oxygen atoms in total. The maximum Gasteiger partial charge on any atom is 0.228 e. The first-order valence-corrected chi connectivity index (χ1v) is 7.14. The first-order valence-electron chi connectivity index (χ1n) is 7.14. The summed E-state index contributed by atoms with van der Waals surface area (Å²) < 4.78 is 0. The molecule has 1 amide bonds. The van der Waals surface area contributed by atoms with Crippen LogP contribution in [0.1, 0.15) is 30.4 Å². The highest BCUT2D eigenvalue weighted by Crippen LogP contribution is 2.58. The number of nitrogens with one attached hydrogen (secondary N) is 2. The predicted octanol–water partition coefficient (Wildman–Crippen LogP) is 1.76. The third-order valence-corrected chi connectivity index (χ3v) is 4.63. The second-order valence-electron chi connectivity index (χ2n) is 5.84. The van der Waals surface area contributed by atoms with Gasteiger partial charge >= 0.3 is 0 Å². The van der Waals surface area contributed by atoms with Crippen LogP contribution in [0.4, 0.5) is 5.69 Å². The summed E-state index contributed by atoms with van der Waals surface area (Å²) in [4.78, 5) is 12.3. The SMILES string of the molecule is N#Cc1ccc(NC(=O)C2CC23CCNCC3)cc1C#N. The topological polar surface area (TPSA) is 88.7 Å². The molecule has 1 unspecified atom stereocenters. The van der Waals surface area contributed by atoms with Crippen LogP contribution < -0.4 is 10.6 Å². The molecule has 1 saturated heterocycles. The first-order chi connectivity index (χ1) is 10.2. The van der Waals surface area contributed by atoms with Crippen molar-refractivity contribution < 1.29 is 4.79 Å². The summed E-state index contributed by atoms with van der Waals surface area (Å²) in [7, 11) is 0. The highest BCUT2D eigenvalue weighted by molar-refractivity contribution is 5.95. The van der Waals surface area contributed by atoms with Gasteiger partial charge in [-0.3, -0.25) is 4.79 Å². The Morgan fingerprint density at radius 2 is 1.95 bits per heavy atom. The predicted molar refractivity (Wildman–Crippen MR) is 77.1 cm³/mol. The third-order valence-electron chi connectivity index (χ3n) is 4.63. The number of piperidine rings is 1. The van der Waals surface area contributed by atoms with Crippen molar-refractivity contribution in [3.05, 3.63) is 29.3 Å². The van der Waals surface area contributed by atoms with Crippen LogP contribution in [0.15, 0.2) is 18.2 Å². The molecule has 3 rings (SSSR count). The second kappa shape index (κ2) is 5.20. The molecule has 106 valence electrons. The lowest BCUT2D eigenvalue weighted by Crippen LogP contribution is -2.31. The van der Waals surface area contributed by atoms with E-state index in [0.29, 0.717) is 16.8 Å². The molecule has 1 aliphatic heterocycles. The summed E-state index contributed by atoms with van der Waals surface area (Å²) >= 11 is 0. The van der Waals surface area contributed by atoms with E-state index in [4.69, 9.17) is 10.5 Å². The molecule has 1 aromatic carbocycles. The number of benzene rings is 1. The maximum absolute atomic E-state index is 12.3. The number of hydrogen-bond donors (Lipinski definition) is 2. The minimum absolute atomic E-state index is 0.0329. The van der Waals surface area contributed by atoms with Crippen molar-refractivity contribution in [2.24, 2.45) is 11.3 Å². The number of hydrogen-bond acceptors (Lipinski definition) is 4. The van der Waals surface area contributed by atoms with Crippen LogP contribution in [0.25, 0.3) is 0 Å². The van der Waals surface area contributed by atoms with E-state index in [2.05, 4.69) is 10.6 Å². The second-order valence-corrected chi connectivity index (χ2v) is 5.84. The zero-order chi connectivity index (χ0) is 14.9. The number of rotatable bonds is 2. The van der Waals surface area contributed by atoms with E-state index in [1.54, 1.807) is 18.2 Å². The molecule has 1 spiro atoms. The third kappa shape index (κ3) is 2.49. The van der Waals surface area contributed by atoms with Gasteiger partial charge in [-0.25, -0.2) is 0 Å². The summed E-state index contributed by atoms with van der Waals surface area (Å²) in [5.74, 6) is 0.117. The van der Waals surface area contributed by atoms with Crippen LogP contribution in [-0.4, -0.2) is 19.0 Å². The Balaban J connectivity index is 1.69. The van der Waals surface area contributed by atoms with Gasteiger partial charge < -0.3 is 10.6 Å². The van der Waals surface area contributed by atoms with Crippen LogP contribution in [0.3, 0.4) is 0 Å². The number of nitrogens with zero attached hydrogens (tertiary/aromatic N) is 2. The van der Waals surface area contributed by atoms with Crippen molar-refractivity contribution >= 4 is 11.6 Å². The average Bonchev–Trinajstić information content (AvgIpc) is 3.21. The lowest BCUT2D eigenvalue weighted by molar-refractivity contribution is -0.118. The molecule has 1 heterocycles. The van der Waals surface area contributed by atoms with Gasteiger partial charge in [0.05, 0.1) is 11.1 Å². The van der Waals surface area contributed by atoms with E-state index in [0.717, 1.165) is 32.4 Å². The van der Waals surface area contributed by atoms with Crippen LogP contribution in [0.5, 0.6) is 0 Å². The minimum atomic E-state index is 0.0329. The number of carbonyl (C=O) groups is 1. The Bertz CT molecular complexity index is 662. The number of anilines is 1. The first kappa shape index (κ1) is 13.6. The summed E-state index contributed by atoms with van der Waals surface area (Å²) in [6.45, 7) is 1.97. The molecule has 1 saturated carbocycles. The fraction of sp³-hybridized carbons (Fsp3) is 0.438. The molecule has 2 N–H and O–H groups in total. The van der Waals surface area contributed by atoms with Crippen molar-refractivity contribution in [3.8, 4) is 12.1 Å². The Hall–Kier alpha value is -2.37. The van der Waals surface area contributed by atoms with Gasteiger partial charge in [-0.2, -0.15) is 10.5 Å². The van der Waals surface area contributed by atoms with Crippen LogP contribution in [0.2, 0.25) is 0 Å². The molecular weight excluding hydrogens is 264 g/mol. The van der Waals surface area contributed by atoms with E-state index in [1.165, 1.54) is 0 Å². The van der Waals surface area contributed by atoms with Gasteiger partial charge in [-0.1, -0.05) is 0 Å². The van der Waals surface area contributed by atoms with E-state index >= 15 is 0 Å². The molecule has 1 atom stereocenters. The molecule has 21 heavy (non-hydrogen) atoms. The zero-order valence-electron chi connectivity index (χ0n) is 11.6. The fourth-order valence-corrected chi connectivity index (χ4v) is 3.24. The van der Waals surface area contributed by atoms with Crippen LogP contribution >= 0.6 is 0 Å². The monoisotopic (exact) mass is 280 g/mol. The lowest BCUT2D eigenvalue weighted by Gasteiger charge is -2.23. The minimum Gasteiger partial charge on any atom is -0.326 e. The summed E-state index contributed by atoms with van der Waals surface area (Å²) in [5.41, 5.74) is 1.41. The molecular formula is C16H16N4O. The summed E-state index contributed by atoms with van der Waals surface area (Å²) in [5, 5.41) is 24.1. The molecule has 0 bridgehead atoms. The molecule has 5 heteroatoms. The van der Waals surface area contributed by atoms with Gasteiger partial charge in [0.25, 0.3) is 0 Å². The number of carbonyl (C=O) groups excluding carboxylic acids is 1. The molecule has 0 radical (unpaired) electrons. The zero-order valence-corrected chi connectivity index (χ0v) is 11.6. The van der Waals surface area contributed by atoms with E-state index in [1.807, 2.05) is 12.1 Å². The molecule has 1 aliphatic carbocycles. The largest absolute Gasteiger partial charge is 0.326 e. The normalized spacial score (nSPS) is 22.1. The molecule has 2 aliphatic rings. The van der Waals surface area contributed by atoms with Crippen molar-refractivity contribution in [2.75, 3.05) is 18.4 Å². The fourth-order valence-electron chi connectivity index (χ4n) is 3.24. The van der Waals surface area contributed by atoms with Crippen molar-refractivity contribution in [1.82, 2.24) is 5.32 Å². The molecule has 2 fully saturated rings. The highest BCUT2D eigenvalue weighted by atomic mass is 16.2. The Morgan fingerprint density at radius 3 is 2.62 bits per heavy atom. The summed E-state index contributed by atoms with van der Waals surface area (Å²) in [6.07, 6.45) is 3.08. The van der Waals surface area contributed by atoms with Gasteiger partial charge in [0.2, 0.25) is 5.91 Å². The molecule has 1 aromatic rings. The van der Waals surface area contributed by atoms with Gasteiger partial charge in [-0.05, 0) is 56.0 Å². The van der Waals surface area contributed by atoms with Crippen LogP contribution in [-0.2, 0) is 4.79 Å². The lowest BCUT2D eigenvalue weighted by atomic mass is 9.92. The van der Waals surface area contributed by atoms with E-state index in [9.17, 15) is 4.79 Å². The van der Waals surface area contributed by atoms with Gasteiger partial charge in [0, 0.05) is 11.6 Å². The van der Waals surface area contributed by atoms with Gasteiger partial charge in [0.1, 0.15) is 12.1 Å². The van der Waals surface area contributed by atoms with E-state index < -0.39 is 0 Å². The Kier molecular flexibility index (Phi) is 3.37. The van der Waals surface area contributed by atoms with Crippen molar-refractivity contribution in [1.29, 1.82) is 10.5 Å². The van der Waals surface area contributed by atoms with E-state index in [-0.39, 0.29) is 17.2 Å². The smallest absolute Gasteiger partial charge is 0.228 e. The van der Waals surface area contributed by atoms with Gasteiger partial charge in [0.15, 0.2) is 0 Å². The quantitative estimate of drug-likeness (QED) is 0.864. The number of amides is 1. The molecule has 0 aromatic heterocycles. The Morgan fingerprint density at radius 1 is 1.24 bits per heavy atom. The van der Waals surface area contributed by atoms with Crippen molar-refractivity contribution in [2.45, 2.75) is 19.3 Å². The Labute approximate surface area is 123 Å². The standard InChI is InChI=1S/C16H16N4O/c17-9-11-1-2-13(7-12(11)10-18)20-15(21)14-8-16(14)3-5-19-6-4-16/h1-2,7,14,19H,3-6,8H2,(H,20,21). The highest BCUT2D eigenvalue weighted by Gasteiger charge is 2.57.